The van der Waals surface area contributed by atoms with Crippen LogP contribution in [0.4, 0.5) is 5.69 Å². The molecule has 0 aliphatic carbocycles. The molecule has 0 aliphatic rings. The van der Waals surface area contributed by atoms with Gasteiger partial charge in [0.1, 0.15) is 0 Å². The van der Waals surface area contributed by atoms with Crippen LogP contribution in [0, 0.1) is 0 Å². The zero-order valence-electron chi connectivity index (χ0n) is 6.32. The fourth-order valence-corrected chi connectivity index (χ4v) is 1.29. The summed E-state index contributed by atoms with van der Waals surface area (Å²) in [6.45, 7) is 0. The Morgan fingerprint density at radius 2 is 1.85 bits per heavy atom. The lowest BCUT2D eigenvalue weighted by Crippen LogP contribution is -2.09. The Bertz CT molecular complexity index is 284. The van der Waals surface area contributed by atoms with Crippen molar-refractivity contribution in [1.82, 2.24) is 4.94 Å². The molecule has 0 aliphatic heterocycles. The Kier molecular flexibility index (Phi) is 3.95. The van der Waals surface area contributed by atoms with Crippen LogP contribution in [-0.2, 0) is 3.79 Å². The van der Waals surface area contributed by atoms with Gasteiger partial charge in [0.2, 0.25) is 3.79 Å². The molecule has 72 valence electrons. The normalized spacial score (nSPS) is 11.4. The van der Waals surface area contributed by atoms with Crippen LogP contribution in [0.25, 0.3) is 0 Å². The first-order valence-corrected chi connectivity index (χ1v) is 4.84. The molecule has 0 heterocycles. The minimum atomic E-state index is -1.41. The standard InChI is InChI=1S/C7H6Cl4N2/c8-7(9,10)5-2-1-3-6(4-5)12-13-11/h1-4,12-13H. The number of hydrogen-bond acceptors (Lipinski definition) is 2. The highest BCUT2D eigenvalue weighted by molar-refractivity contribution is 6.66. The highest BCUT2D eigenvalue weighted by Gasteiger charge is 2.22. The van der Waals surface area contributed by atoms with Gasteiger partial charge in [-0.15, -0.1) is 4.94 Å². The maximum atomic E-state index is 5.68. The molecule has 13 heavy (non-hydrogen) atoms. The Balaban J connectivity index is 2.92. The number of hydrazine groups is 1. The van der Waals surface area contributed by atoms with Crippen LogP contribution in [0.1, 0.15) is 5.56 Å². The van der Waals surface area contributed by atoms with Crippen molar-refractivity contribution in [3.8, 4) is 0 Å². The van der Waals surface area contributed by atoms with Gasteiger partial charge in [0.05, 0.1) is 5.69 Å². The average molecular weight is 260 g/mol. The van der Waals surface area contributed by atoms with Crippen molar-refractivity contribution in [3.63, 3.8) is 0 Å². The maximum Gasteiger partial charge on any atom is 0.216 e. The molecule has 0 saturated heterocycles. The number of rotatable bonds is 2. The van der Waals surface area contributed by atoms with Crippen molar-refractivity contribution in [2.75, 3.05) is 5.43 Å². The lowest BCUT2D eigenvalue weighted by molar-refractivity contribution is 1.18. The van der Waals surface area contributed by atoms with Crippen LogP contribution >= 0.6 is 46.6 Å². The molecule has 0 spiro atoms. The van der Waals surface area contributed by atoms with Crippen molar-refractivity contribution >= 4 is 52.3 Å². The van der Waals surface area contributed by atoms with Crippen LogP contribution < -0.4 is 10.4 Å². The summed E-state index contributed by atoms with van der Waals surface area (Å²) in [5, 5.41) is 0. The lowest BCUT2D eigenvalue weighted by atomic mass is 10.2. The minimum Gasteiger partial charge on any atom is -0.308 e. The second-order valence-corrected chi connectivity index (χ2v) is 4.77. The summed E-state index contributed by atoms with van der Waals surface area (Å²) in [5.41, 5.74) is 3.96. The number of nitrogens with one attached hydrogen (secondary N) is 2. The van der Waals surface area contributed by atoms with E-state index < -0.39 is 3.79 Å². The van der Waals surface area contributed by atoms with Gasteiger partial charge < -0.3 is 5.43 Å². The lowest BCUT2D eigenvalue weighted by Gasteiger charge is -2.12. The van der Waals surface area contributed by atoms with Gasteiger partial charge >= 0.3 is 0 Å². The summed E-state index contributed by atoms with van der Waals surface area (Å²) in [4.78, 5) is 2.26. The van der Waals surface area contributed by atoms with E-state index in [4.69, 9.17) is 46.6 Å². The van der Waals surface area contributed by atoms with E-state index in [0.717, 1.165) is 5.69 Å². The maximum absolute atomic E-state index is 5.68. The number of alkyl halides is 3. The molecule has 0 bridgehead atoms. The second-order valence-electron chi connectivity index (χ2n) is 2.30. The van der Waals surface area contributed by atoms with E-state index in [1.165, 1.54) is 0 Å². The van der Waals surface area contributed by atoms with Crippen molar-refractivity contribution in [1.29, 1.82) is 0 Å². The quantitative estimate of drug-likeness (QED) is 0.482. The summed E-state index contributed by atoms with van der Waals surface area (Å²) in [6.07, 6.45) is 0. The molecule has 1 rings (SSSR count). The predicted molar refractivity (Wildman–Crippen MR) is 58.3 cm³/mol. The molecule has 0 amide bonds. The smallest absolute Gasteiger partial charge is 0.216 e. The van der Waals surface area contributed by atoms with Gasteiger partial charge in [-0.2, -0.15) is 0 Å². The van der Waals surface area contributed by atoms with Gasteiger partial charge in [-0.3, -0.25) is 0 Å². The fourth-order valence-electron chi connectivity index (χ4n) is 0.828. The third kappa shape index (κ3) is 3.41. The summed E-state index contributed by atoms with van der Waals surface area (Å²) in [7, 11) is 0. The Labute approximate surface area is 96.2 Å². The van der Waals surface area contributed by atoms with E-state index in [9.17, 15) is 0 Å². The molecular formula is C7H6Cl4N2. The molecule has 0 radical (unpaired) electrons. The molecule has 6 heteroatoms. The van der Waals surface area contributed by atoms with Gasteiger partial charge in [-0.05, 0) is 23.9 Å². The molecule has 1 aromatic rings. The zero-order valence-corrected chi connectivity index (χ0v) is 9.34. The molecular weight excluding hydrogens is 254 g/mol. The first-order chi connectivity index (χ1) is 6.04. The molecule has 0 fully saturated rings. The molecule has 0 aromatic heterocycles. The molecule has 2 nitrogen and oxygen atoms in total. The Morgan fingerprint density at radius 1 is 1.15 bits per heavy atom. The largest absolute Gasteiger partial charge is 0.308 e. The predicted octanol–water partition coefficient (Wildman–Crippen LogP) is 3.58. The van der Waals surface area contributed by atoms with Crippen LogP contribution in [0.2, 0.25) is 0 Å². The van der Waals surface area contributed by atoms with E-state index >= 15 is 0 Å². The van der Waals surface area contributed by atoms with Crippen LogP contribution in [0.3, 0.4) is 0 Å². The van der Waals surface area contributed by atoms with Crippen LogP contribution in [0.15, 0.2) is 24.3 Å². The summed E-state index contributed by atoms with van der Waals surface area (Å²) in [5.74, 6) is 0. The number of benzene rings is 1. The molecule has 2 N–H and O–H groups in total. The minimum absolute atomic E-state index is 0.578. The van der Waals surface area contributed by atoms with Crippen LogP contribution in [0.5, 0.6) is 0 Å². The van der Waals surface area contributed by atoms with E-state index in [1.807, 2.05) is 0 Å². The molecule has 0 saturated carbocycles. The van der Waals surface area contributed by atoms with Crippen molar-refractivity contribution in [3.05, 3.63) is 29.8 Å². The molecule has 0 atom stereocenters. The highest BCUT2D eigenvalue weighted by Crippen LogP contribution is 2.38. The van der Waals surface area contributed by atoms with Crippen LogP contribution in [-0.4, -0.2) is 0 Å². The molecule has 1 aromatic carbocycles. The van der Waals surface area contributed by atoms with Gasteiger partial charge in [-0.1, -0.05) is 46.9 Å². The van der Waals surface area contributed by atoms with Gasteiger partial charge in [0, 0.05) is 5.56 Å². The first kappa shape index (κ1) is 11.2. The van der Waals surface area contributed by atoms with Crippen molar-refractivity contribution in [2.24, 2.45) is 0 Å². The summed E-state index contributed by atoms with van der Waals surface area (Å²) < 4.78 is -1.41. The second kappa shape index (κ2) is 4.58. The van der Waals surface area contributed by atoms with Crippen molar-refractivity contribution < 1.29 is 0 Å². The average Bonchev–Trinajstić information content (AvgIpc) is 2.04. The van der Waals surface area contributed by atoms with Gasteiger partial charge in [0.25, 0.3) is 0 Å². The zero-order chi connectivity index (χ0) is 9.90. The number of hydrogen-bond donors (Lipinski definition) is 2. The van der Waals surface area contributed by atoms with Gasteiger partial charge in [-0.25, -0.2) is 0 Å². The van der Waals surface area contributed by atoms with E-state index in [0.29, 0.717) is 5.56 Å². The van der Waals surface area contributed by atoms with E-state index in [1.54, 1.807) is 24.3 Å². The SMILES string of the molecule is ClNNc1cccc(C(Cl)(Cl)Cl)c1. The third-order valence-electron chi connectivity index (χ3n) is 1.38. The van der Waals surface area contributed by atoms with E-state index in [-0.39, 0.29) is 0 Å². The number of halogens is 4. The van der Waals surface area contributed by atoms with Crippen molar-refractivity contribution in [2.45, 2.75) is 3.79 Å². The van der Waals surface area contributed by atoms with E-state index in [2.05, 4.69) is 10.4 Å². The highest BCUT2D eigenvalue weighted by atomic mass is 35.6. The first-order valence-electron chi connectivity index (χ1n) is 3.33. The monoisotopic (exact) mass is 258 g/mol. The third-order valence-corrected chi connectivity index (χ3v) is 2.13. The Morgan fingerprint density at radius 3 is 2.38 bits per heavy atom. The number of anilines is 1. The molecule has 0 unspecified atom stereocenters. The summed E-state index contributed by atoms with van der Waals surface area (Å²) >= 11 is 22.3. The van der Waals surface area contributed by atoms with Gasteiger partial charge in [0.15, 0.2) is 0 Å². The fraction of sp³-hybridized carbons (Fsp3) is 0.143. The summed E-state index contributed by atoms with van der Waals surface area (Å²) in [6, 6.07) is 6.94. The Hall–Kier alpha value is 0.140. The topological polar surface area (TPSA) is 24.1 Å².